The van der Waals surface area contributed by atoms with E-state index in [1.807, 2.05) is 17.0 Å². The number of carbonyl (C=O) groups excluding carboxylic acids is 2. The van der Waals surface area contributed by atoms with Gasteiger partial charge in [0.05, 0.1) is 13.7 Å². The number of ether oxygens (including phenoxy) is 1. The van der Waals surface area contributed by atoms with Crippen LogP contribution in [-0.2, 0) is 9.59 Å². The van der Waals surface area contributed by atoms with Gasteiger partial charge in [0.25, 0.3) is 0 Å². The second kappa shape index (κ2) is 8.69. The molecule has 2 amide bonds. The molecule has 7 nitrogen and oxygen atoms in total. The molecule has 168 valence electrons. The van der Waals surface area contributed by atoms with Gasteiger partial charge in [-0.25, -0.2) is 0 Å². The summed E-state index contributed by atoms with van der Waals surface area (Å²) < 4.78 is 5.24. The summed E-state index contributed by atoms with van der Waals surface area (Å²) in [6.45, 7) is 6.60. The van der Waals surface area contributed by atoms with Gasteiger partial charge in [0.1, 0.15) is 5.75 Å². The molecule has 0 saturated carbocycles. The van der Waals surface area contributed by atoms with Crippen LogP contribution in [0.3, 0.4) is 0 Å². The molecule has 2 bridgehead atoms. The summed E-state index contributed by atoms with van der Waals surface area (Å²) >= 11 is 0. The SMILES string of the molecule is COc1ccc(N2CCN(C(=O)CN3C[C@H]4C[C@H](C3)[C@H]3CCCC(=O)N3C4)CC2)cc1. The third-order valence-corrected chi connectivity index (χ3v) is 7.68. The molecule has 0 radical (unpaired) electrons. The number of nitrogens with zero attached hydrogens (tertiary/aromatic N) is 4. The van der Waals surface area contributed by atoms with E-state index in [2.05, 4.69) is 26.8 Å². The average molecular weight is 427 g/mol. The van der Waals surface area contributed by atoms with Gasteiger partial charge >= 0.3 is 0 Å². The van der Waals surface area contributed by atoms with Crippen LogP contribution >= 0.6 is 0 Å². The fourth-order valence-corrected chi connectivity index (χ4v) is 6.14. The van der Waals surface area contributed by atoms with Crippen LogP contribution in [0.2, 0.25) is 0 Å². The first kappa shape index (κ1) is 20.6. The maximum Gasteiger partial charge on any atom is 0.236 e. The van der Waals surface area contributed by atoms with E-state index in [0.29, 0.717) is 30.3 Å². The van der Waals surface area contributed by atoms with E-state index in [1.165, 1.54) is 12.1 Å². The van der Waals surface area contributed by atoms with E-state index in [9.17, 15) is 9.59 Å². The lowest BCUT2D eigenvalue weighted by atomic mass is 9.76. The number of likely N-dealkylation sites (tertiary alicyclic amines) is 1. The van der Waals surface area contributed by atoms with Crippen molar-refractivity contribution >= 4 is 17.5 Å². The van der Waals surface area contributed by atoms with E-state index >= 15 is 0 Å². The summed E-state index contributed by atoms with van der Waals surface area (Å²) in [7, 11) is 1.68. The number of benzene rings is 1. The molecule has 0 aliphatic carbocycles. The normalized spacial score (nSPS) is 29.0. The Morgan fingerprint density at radius 2 is 1.84 bits per heavy atom. The van der Waals surface area contributed by atoms with Crippen LogP contribution < -0.4 is 9.64 Å². The van der Waals surface area contributed by atoms with Crippen molar-refractivity contribution in [2.45, 2.75) is 31.7 Å². The van der Waals surface area contributed by atoms with Gasteiger partial charge in [-0.2, -0.15) is 0 Å². The molecular formula is C24H34N4O3. The Balaban J connectivity index is 1.13. The number of piperazine rings is 1. The number of amides is 2. The van der Waals surface area contributed by atoms with Crippen LogP contribution in [-0.4, -0.2) is 92.0 Å². The lowest BCUT2D eigenvalue weighted by Crippen LogP contribution is -2.61. The zero-order valence-corrected chi connectivity index (χ0v) is 18.5. The van der Waals surface area contributed by atoms with Gasteiger partial charge in [0.15, 0.2) is 0 Å². The smallest absolute Gasteiger partial charge is 0.236 e. The molecule has 7 heteroatoms. The van der Waals surface area contributed by atoms with Crippen molar-refractivity contribution in [1.29, 1.82) is 0 Å². The lowest BCUT2D eigenvalue weighted by molar-refractivity contribution is -0.146. The molecule has 1 aromatic carbocycles. The third kappa shape index (κ3) is 4.25. The topological polar surface area (TPSA) is 56.3 Å². The van der Waals surface area contributed by atoms with E-state index in [-0.39, 0.29) is 5.91 Å². The van der Waals surface area contributed by atoms with Gasteiger partial charge in [-0.3, -0.25) is 14.5 Å². The highest BCUT2D eigenvalue weighted by Gasteiger charge is 2.44. The lowest BCUT2D eigenvalue weighted by Gasteiger charge is -2.52. The van der Waals surface area contributed by atoms with Crippen LogP contribution in [0.5, 0.6) is 5.75 Å². The van der Waals surface area contributed by atoms with Crippen molar-refractivity contribution in [1.82, 2.24) is 14.7 Å². The van der Waals surface area contributed by atoms with Gasteiger partial charge in [0.2, 0.25) is 11.8 Å². The first-order chi connectivity index (χ1) is 15.1. The van der Waals surface area contributed by atoms with Gasteiger partial charge in [-0.05, 0) is 55.4 Å². The number of hydrogen-bond donors (Lipinski definition) is 0. The minimum Gasteiger partial charge on any atom is -0.497 e. The summed E-state index contributed by atoms with van der Waals surface area (Å²) in [5.74, 6) is 2.54. The molecule has 4 saturated heterocycles. The Morgan fingerprint density at radius 3 is 2.58 bits per heavy atom. The molecule has 5 rings (SSSR count). The Morgan fingerprint density at radius 1 is 1.06 bits per heavy atom. The highest BCUT2D eigenvalue weighted by molar-refractivity contribution is 5.79. The zero-order valence-electron chi connectivity index (χ0n) is 18.5. The van der Waals surface area contributed by atoms with Crippen LogP contribution in [0.25, 0.3) is 0 Å². The quantitative estimate of drug-likeness (QED) is 0.733. The summed E-state index contributed by atoms with van der Waals surface area (Å²) in [5.41, 5.74) is 1.18. The Bertz CT molecular complexity index is 806. The molecule has 3 atom stereocenters. The summed E-state index contributed by atoms with van der Waals surface area (Å²) in [6, 6.07) is 8.55. The average Bonchev–Trinajstić information content (AvgIpc) is 2.80. The molecule has 4 heterocycles. The van der Waals surface area contributed by atoms with Gasteiger partial charge < -0.3 is 19.4 Å². The second-order valence-electron chi connectivity index (χ2n) is 9.63. The van der Waals surface area contributed by atoms with Crippen molar-refractivity contribution in [3.63, 3.8) is 0 Å². The molecule has 1 aromatic rings. The summed E-state index contributed by atoms with van der Waals surface area (Å²) in [6.07, 6.45) is 4.11. The van der Waals surface area contributed by atoms with E-state index in [0.717, 1.165) is 70.8 Å². The predicted molar refractivity (Wildman–Crippen MR) is 119 cm³/mol. The minimum atomic E-state index is 0.255. The summed E-state index contributed by atoms with van der Waals surface area (Å²) in [5, 5.41) is 0. The molecule has 0 N–H and O–H groups in total. The first-order valence-corrected chi connectivity index (χ1v) is 11.8. The first-order valence-electron chi connectivity index (χ1n) is 11.8. The van der Waals surface area contributed by atoms with Crippen molar-refractivity contribution in [3.05, 3.63) is 24.3 Å². The van der Waals surface area contributed by atoms with E-state index in [4.69, 9.17) is 4.74 Å². The molecule has 0 spiro atoms. The number of rotatable bonds is 4. The van der Waals surface area contributed by atoms with Crippen LogP contribution in [0.1, 0.15) is 25.7 Å². The Kier molecular flexibility index (Phi) is 5.78. The number of hydrogen-bond acceptors (Lipinski definition) is 5. The van der Waals surface area contributed by atoms with Crippen LogP contribution in [0.4, 0.5) is 5.69 Å². The zero-order chi connectivity index (χ0) is 21.4. The highest BCUT2D eigenvalue weighted by Crippen LogP contribution is 2.37. The van der Waals surface area contributed by atoms with Gasteiger partial charge in [-0.1, -0.05) is 0 Å². The third-order valence-electron chi connectivity index (χ3n) is 7.68. The standard InChI is InChI=1S/C24H34N4O3/c1-31-21-7-5-20(6-8-21)26-9-11-27(12-10-26)24(30)17-25-14-18-13-19(16-25)22-3-2-4-23(29)28(22)15-18/h5-8,18-19,22H,2-4,9-17H2,1H3/t18-,19-,22-/m1/s1. The summed E-state index contributed by atoms with van der Waals surface area (Å²) in [4.78, 5) is 34.3. The number of fused-ring (bicyclic) bond motifs is 4. The number of methoxy groups -OCH3 is 1. The molecule has 0 unspecified atom stereocenters. The Hall–Kier alpha value is -2.28. The molecule has 4 aliphatic heterocycles. The number of carbonyl (C=O) groups is 2. The monoisotopic (exact) mass is 426 g/mol. The van der Waals surface area contributed by atoms with Crippen molar-refractivity contribution < 1.29 is 14.3 Å². The Labute approximate surface area is 184 Å². The second-order valence-corrected chi connectivity index (χ2v) is 9.63. The predicted octanol–water partition coefficient (Wildman–Crippen LogP) is 1.68. The maximum atomic E-state index is 13.0. The van der Waals surface area contributed by atoms with E-state index < -0.39 is 0 Å². The molecule has 4 aliphatic rings. The fourth-order valence-electron chi connectivity index (χ4n) is 6.14. The highest BCUT2D eigenvalue weighted by atomic mass is 16.5. The van der Waals surface area contributed by atoms with E-state index in [1.54, 1.807) is 7.11 Å². The van der Waals surface area contributed by atoms with Crippen molar-refractivity contribution in [3.8, 4) is 5.75 Å². The van der Waals surface area contributed by atoms with Crippen LogP contribution in [0.15, 0.2) is 24.3 Å². The fraction of sp³-hybridized carbons (Fsp3) is 0.667. The number of piperidine rings is 3. The maximum absolute atomic E-state index is 13.0. The van der Waals surface area contributed by atoms with Crippen molar-refractivity contribution in [2.75, 3.05) is 64.4 Å². The van der Waals surface area contributed by atoms with Crippen molar-refractivity contribution in [2.24, 2.45) is 11.8 Å². The number of anilines is 1. The minimum absolute atomic E-state index is 0.255. The van der Waals surface area contributed by atoms with Crippen LogP contribution in [0, 0.1) is 11.8 Å². The van der Waals surface area contributed by atoms with Gasteiger partial charge in [0, 0.05) is 64.0 Å². The molecular weight excluding hydrogens is 392 g/mol. The molecule has 0 aromatic heterocycles. The van der Waals surface area contributed by atoms with Gasteiger partial charge in [-0.15, -0.1) is 0 Å². The molecule has 4 fully saturated rings. The largest absolute Gasteiger partial charge is 0.497 e. The molecule has 31 heavy (non-hydrogen) atoms.